The van der Waals surface area contributed by atoms with Gasteiger partial charge in [-0.3, -0.25) is 0 Å². The molecule has 2 N–H and O–H groups in total. The van der Waals surface area contributed by atoms with Crippen LogP contribution in [-0.2, 0) is 20.4 Å². The first-order valence-electron chi connectivity index (χ1n) is 14.7. The molecule has 0 radical (unpaired) electrons. The van der Waals surface area contributed by atoms with Crippen molar-refractivity contribution in [3.05, 3.63) is 93.9 Å². The summed E-state index contributed by atoms with van der Waals surface area (Å²) in [7, 11) is -5.46. The van der Waals surface area contributed by atoms with Crippen LogP contribution in [0.15, 0.2) is 60.8 Å². The fraction of sp³-hybridized carbons (Fsp3) is 0.387. The molecule has 0 aliphatic carbocycles. The number of ether oxygens (including phenoxy) is 1. The summed E-state index contributed by atoms with van der Waals surface area (Å²) in [6.07, 6.45) is 3.67. The van der Waals surface area contributed by atoms with Gasteiger partial charge in [0.15, 0.2) is 6.23 Å². The fourth-order valence-electron chi connectivity index (χ4n) is 6.27. The number of piperidine rings is 1. The summed E-state index contributed by atoms with van der Waals surface area (Å²) in [6, 6.07) is 14.6. The second-order valence-corrected chi connectivity index (χ2v) is 13.8. The molecule has 46 heavy (non-hydrogen) atoms. The van der Waals surface area contributed by atoms with E-state index in [0.717, 1.165) is 12.8 Å². The number of hydrogen-bond acceptors (Lipinski definition) is 7. The van der Waals surface area contributed by atoms with Gasteiger partial charge in [-0.2, -0.15) is 22.6 Å². The van der Waals surface area contributed by atoms with Gasteiger partial charge in [-0.05, 0) is 73.6 Å². The smallest absolute Gasteiger partial charge is 0.477 e. The quantitative estimate of drug-likeness (QED) is 0.251. The van der Waals surface area contributed by atoms with Crippen molar-refractivity contribution in [1.82, 2.24) is 19.1 Å². The zero-order chi connectivity index (χ0) is 32.9. The van der Waals surface area contributed by atoms with Crippen LogP contribution < -0.4 is 0 Å². The molecule has 0 bridgehead atoms. The lowest BCUT2D eigenvalue weighted by atomic mass is 9.80. The molecule has 244 valence electrons. The largest absolute Gasteiger partial charge is 0.511 e. The Kier molecular flexibility index (Phi) is 8.61. The first-order valence-corrected chi connectivity index (χ1v) is 16.5. The number of aliphatic hydroxyl groups is 1. The molecule has 2 aliphatic rings. The van der Waals surface area contributed by atoms with E-state index in [9.17, 15) is 36.6 Å². The summed E-state index contributed by atoms with van der Waals surface area (Å²) in [5.41, 5.74) is -5.05. The van der Waals surface area contributed by atoms with Crippen molar-refractivity contribution in [2.24, 2.45) is 0 Å². The van der Waals surface area contributed by atoms with E-state index >= 15 is 0 Å². The average molecular weight is 679 g/mol. The highest BCUT2D eigenvalue weighted by Gasteiger charge is 2.50. The van der Waals surface area contributed by atoms with E-state index in [0.29, 0.717) is 50.1 Å². The van der Waals surface area contributed by atoms with Gasteiger partial charge >= 0.3 is 21.5 Å². The number of hydrogen-bond donors (Lipinski definition) is 2. The number of alkyl halides is 3. The number of nitrogens with zero attached hydrogens (tertiary/aromatic N) is 4. The molecular formula is C31H30ClF3N4O6S. The van der Waals surface area contributed by atoms with Crippen molar-refractivity contribution < 1.29 is 41.3 Å². The van der Waals surface area contributed by atoms with Crippen LogP contribution in [0, 0.1) is 0 Å². The molecule has 2 aromatic carbocycles. The monoisotopic (exact) mass is 678 g/mol. The van der Waals surface area contributed by atoms with E-state index in [-0.39, 0.29) is 49.3 Å². The molecule has 0 saturated carbocycles. The molecule has 2 unspecified atom stereocenters. The van der Waals surface area contributed by atoms with Gasteiger partial charge in [-0.1, -0.05) is 35.9 Å². The van der Waals surface area contributed by atoms with Crippen LogP contribution in [0.2, 0.25) is 5.02 Å². The van der Waals surface area contributed by atoms with E-state index in [1.807, 2.05) is 0 Å². The minimum Gasteiger partial charge on any atom is -0.477 e. The van der Waals surface area contributed by atoms with Crippen LogP contribution in [0.1, 0.15) is 77.1 Å². The lowest BCUT2D eigenvalue weighted by Crippen LogP contribution is -2.44. The molecule has 2 saturated heterocycles. The van der Waals surface area contributed by atoms with Crippen LogP contribution in [0.4, 0.5) is 13.2 Å². The molecule has 6 rings (SSSR count). The molecule has 2 fully saturated rings. The summed E-state index contributed by atoms with van der Waals surface area (Å²) >= 11 is 6.15. The molecule has 15 heteroatoms. The lowest BCUT2D eigenvalue weighted by Gasteiger charge is -2.31. The molecule has 10 nitrogen and oxygen atoms in total. The van der Waals surface area contributed by atoms with Gasteiger partial charge < -0.3 is 14.9 Å². The Morgan fingerprint density at radius 1 is 0.957 bits per heavy atom. The molecule has 2 atom stereocenters. The standard InChI is InChI=1S/C31H30ClF3N4O6S/c32-23-8-4-20(5-9-23)30(42,22-6-10-25(29(40)41)36-18-22)21-7-11-26-24(17-21)28(37-39(26)27-3-1-2-16-45-27)19-12-14-38(15-13-19)46(43,44)31(33,34)35/h4-11,17-19,27,42H,1-3,12-16H2,(H,40,41). The zero-order valence-electron chi connectivity index (χ0n) is 24.3. The maximum absolute atomic E-state index is 13.3. The Labute approximate surface area is 267 Å². The van der Waals surface area contributed by atoms with Crippen molar-refractivity contribution in [2.45, 2.75) is 55.4 Å². The molecule has 0 spiro atoms. The van der Waals surface area contributed by atoms with Crippen molar-refractivity contribution in [2.75, 3.05) is 19.7 Å². The van der Waals surface area contributed by atoms with Gasteiger partial charge in [0.2, 0.25) is 0 Å². The molecule has 2 aliphatic heterocycles. The van der Waals surface area contributed by atoms with Gasteiger partial charge in [0.1, 0.15) is 11.3 Å². The van der Waals surface area contributed by atoms with Crippen LogP contribution in [-0.4, -0.2) is 68.9 Å². The van der Waals surface area contributed by atoms with Crippen molar-refractivity contribution in [3.63, 3.8) is 0 Å². The van der Waals surface area contributed by atoms with Crippen LogP contribution in [0.25, 0.3) is 10.9 Å². The number of aromatic carboxylic acids is 1. The highest BCUT2D eigenvalue weighted by atomic mass is 35.5. The normalized spacial score (nSPS) is 20.1. The molecular weight excluding hydrogens is 649 g/mol. The number of sulfonamides is 1. The van der Waals surface area contributed by atoms with E-state index in [1.54, 1.807) is 47.1 Å². The number of aromatic nitrogens is 3. The highest BCUT2D eigenvalue weighted by Crippen LogP contribution is 2.42. The molecule has 2 aromatic heterocycles. The van der Waals surface area contributed by atoms with Gasteiger partial charge in [0.05, 0.1) is 11.2 Å². The molecule has 4 aromatic rings. The number of halogens is 4. The van der Waals surface area contributed by atoms with Gasteiger partial charge in [-0.25, -0.2) is 22.9 Å². The summed E-state index contributed by atoms with van der Waals surface area (Å²) in [5, 5.41) is 27.9. The van der Waals surface area contributed by atoms with E-state index < -0.39 is 27.1 Å². The van der Waals surface area contributed by atoms with Crippen LogP contribution >= 0.6 is 11.6 Å². The molecule has 0 amide bonds. The maximum Gasteiger partial charge on any atom is 0.511 e. The first-order chi connectivity index (χ1) is 21.8. The van der Waals surface area contributed by atoms with Gasteiger partial charge in [0, 0.05) is 47.8 Å². The Bertz CT molecular complexity index is 1850. The number of carboxylic acid groups (broad SMARTS) is 1. The third-order valence-corrected chi connectivity index (χ3v) is 10.6. The number of fused-ring (bicyclic) bond motifs is 1. The minimum atomic E-state index is -5.46. The van der Waals surface area contributed by atoms with E-state index in [1.165, 1.54) is 18.3 Å². The summed E-state index contributed by atoms with van der Waals surface area (Å²) in [4.78, 5) is 15.5. The number of carboxylic acids is 1. The summed E-state index contributed by atoms with van der Waals surface area (Å²) in [5.74, 6) is -1.60. The SMILES string of the molecule is O=C(O)c1ccc(C(O)(c2ccc(Cl)cc2)c2ccc3c(c2)c(C2CCN(S(=O)(=O)C(F)(F)F)CC2)nn3C2CCCCO2)cn1. The van der Waals surface area contributed by atoms with Crippen LogP contribution in [0.5, 0.6) is 0 Å². The second-order valence-electron chi connectivity index (χ2n) is 11.5. The lowest BCUT2D eigenvalue weighted by molar-refractivity contribution is -0.0495. The second kappa shape index (κ2) is 12.2. The summed E-state index contributed by atoms with van der Waals surface area (Å²) in [6.45, 7) is -0.101. The van der Waals surface area contributed by atoms with Gasteiger partial charge in [0.25, 0.3) is 0 Å². The number of rotatable bonds is 7. The Balaban J connectivity index is 1.47. The number of carbonyl (C=O) groups is 1. The maximum atomic E-state index is 13.3. The van der Waals surface area contributed by atoms with E-state index in [4.69, 9.17) is 21.4 Å². The Morgan fingerprint density at radius 2 is 1.63 bits per heavy atom. The first kappa shape index (κ1) is 32.4. The topological polar surface area (TPSA) is 135 Å². The fourth-order valence-corrected chi connectivity index (χ4v) is 7.38. The third kappa shape index (κ3) is 5.77. The average Bonchev–Trinajstić information content (AvgIpc) is 3.44. The Hall–Kier alpha value is -3.56. The minimum absolute atomic E-state index is 0.110. The number of benzene rings is 2. The predicted octanol–water partition coefficient (Wildman–Crippen LogP) is 5.80. The predicted molar refractivity (Wildman–Crippen MR) is 162 cm³/mol. The van der Waals surface area contributed by atoms with Crippen molar-refractivity contribution in [3.8, 4) is 0 Å². The van der Waals surface area contributed by atoms with Crippen molar-refractivity contribution in [1.29, 1.82) is 0 Å². The van der Waals surface area contributed by atoms with E-state index in [2.05, 4.69) is 4.98 Å². The Morgan fingerprint density at radius 3 is 2.22 bits per heavy atom. The van der Waals surface area contributed by atoms with Gasteiger partial charge in [-0.15, -0.1) is 0 Å². The number of pyridine rings is 1. The summed E-state index contributed by atoms with van der Waals surface area (Å²) < 4.78 is 72.1. The zero-order valence-corrected chi connectivity index (χ0v) is 25.9. The molecule has 4 heterocycles. The van der Waals surface area contributed by atoms with Crippen molar-refractivity contribution >= 4 is 38.5 Å². The highest BCUT2D eigenvalue weighted by molar-refractivity contribution is 7.90. The van der Waals surface area contributed by atoms with Crippen LogP contribution in [0.3, 0.4) is 0 Å². The third-order valence-electron chi connectivity index (χ3n) is 8.72.